The molecule has 7 nitrogen and oxygen atoms in total. The summed E-state index contributed by atoms with van der Waals surface area (Å²) in [7, 11) is 4.34. The number of amides is 3. The Morgan fingerprint density at radius 1 is 1.06 bits per heavy atom. The van der Waals surface area contributed by atoms with Gasteiger partial charge in [-0.05, 0) is 83.4 Å². The number of carbonyl (C=O) groups is 2. The topological polar surface area (TPSA) is 76.1 Å². The molecule has 3 saturated carbocycles. The third kappa shape index (κ3) is 4.57. The van der Waals surface area contributed by atoms with Crippen LogP contribution in [0.4, 0.5) is 4.79 Å². The van der Waals surface area contributed by atoms with Crippen LogP contribution in [-0.4, -0.2) is 83.2 Å². The highest BCUT2D eigenvalue weighted by atomic mass is 16.3. The molecule has 3 amide bonds. The van der Waals surface area contributed by atoms with Crippen LogP contribution in [0.25, 0.3) is 0 Å². The molecule has 1 aliphatic heterocycles. The van der Waals surface area contributed by atoms with E-state index in [1.807, 2.05) is 0 Å². The molecule has 2 N–H and O–H groups in total. The zero-order valence-corrected chi connectivity index (χ0v) is 21.5. The molecule has 1 saturated heterocycles. The second kappa shape index (κ2) is 9.40. The monoisotopic (exact) mass is 482 g/mol. The summed E-state index contributed by atoms with van der Waals surface area (Å²) in [6.45, 7) is 1.80. The van der Waals surface area contributed by atoms with Gasteiger partial charge in [0.1, 0.15) is 6.54 Å². The Morgan fingerprint density at radius 2 is 1.74 bits per heavy atom. The van der Waals surface area contributed by atoms with E-state index < -0.39 is 5.60 Å². The summed E-state index contributed by atoms with van der Waals surface area (Å²) in [5.74, 6) is 0.425. The van der Waals surface area contributed by atoms with Gasteiger partial charge >= 0.3 is 6.03 Å². The van der Waals surface area contributed by atoms with Crippen LogP contribution in [0.1, 0.15) is 69.8 Å². The van der Waals surface area contributed by atoms with Crippen molar-refractivity contribution in [3.05, 3.63) is 35.9 Å². The van der Waals surface area contributed by atoms with Crippen molar-refractivity contribution in [1.82, 2.24) is 20.0 Å². The molecule has 3 aliphatic carbocycles. The Labute approximate surface area is 209 Å². The van der Waals surface area contributed by atoms with E-state index in [0.717, 1.165) is 51.5 Å². The highest BCUT2D eigenvalue weighted by Gasteiger charge is 2.55. The minimum Gasteiger partial charge on any atom is -0.388 e. The Bertz CT molecular complexity index is 917. The van der Waals surface area contributed by atoms with Crippen LogP contribution in [0.15, 0.2) is 30.3 Å². The molecule has 1 aromatic rings. The molecule has 0 aromatic heterocycles. The van der Waals surface area contributed by atoms with Crippen LogP contribution >= 0.6 is 0 Å². The van der Waals surface area contributed by atoms with Crippen LogP contribution in [0.2, 0.25) is 0 Å². The third-order valence-electron chi connectivity index (χ3n) is 9.63. The summed E-state index contributed by atoms with van der Waals surface area (Å²) in [4.78, 5) is 32.6. The maximum atomic E-state index is 13.6. The molecular formula is C28H42N4O3. The van der Waals surface area contributed by atoms with E-state index in [4.69, 9.17) is 0 Å². The van der Waals surface area contributed by atoms with Crippen molar-refractivity contribution in [3.63, 3.8) is 0 Å². The molecule has 0 atom stereocenters. The van der Waals surface area contributed by atoms with Crippen molar-refractivity contribution < 1.29 is 14.7 Å². The number of aliphatic hydroxyl groups is 1. The fourth-order valence-corrected chi connectivity index (χ4v) is 6.76. The lowest BCUT2D eigenvalue weighted by Crippen LogP contribution is -2.56. The van der Waals surface area contributed by atoms with Gasteiger partial charge < -0.3 is 20.2 Å². The molecule has 0 bridgehead atoms. The number of rotatable bonds is 8. The van der Waals surface area contributed by atoms with Crippen LogP contribution in [-0.2, 0) is 10.3 Å². The van der Waals surface area contributed by atoms with Gasteiger partial charge in [0.25, 0.3) is 0 Å². The minimum atomic E-state index is -0.752. The molecule has 35 heavy (non-hydrogen) atoms. The summed E-state index contributed by atoms with van der Waals surface area (Å²) in [6.07, 6.45) is 10.0. The first kappa shape index (κ1) is 24.6. The van der Waals surface area contributed by atoms with E-state index in [9.17, 15) is 14.7 Å². The lowest BCUT2D eigenvalue weighted by Gasteiger charge is -2.51. The Balaban J connectivity index is 1.31. The summed E-state index contributed by atoms with van der Waals surface area (Å²) in [5, 5.41) is 13.2. The lowest BCUT2D eigenvalue weighted by atomic mass is 9.68. The van der Waals surface area contributed by atoms with E-state index in [-0.39, 0.29) is 36.1 Å². The Kier molecular flexibility index (Phi) is 6.60. The number of urea groups is 1. The number of hydrogen-bond acceptors (Lipinski definition) is 4. The molecule has 0 radical (unpaired) electrons. The van der Waals surface area contributed by atoms with Gasteiger partial charge in [0.05, 0.1) is 11.1 Å². The molecule has 7 heteroatoms. The zero-order valence-electron chi connectivity index (χ0n) is 21.5. The summed E-state index contributed by atoms with van der Waals surface area (Å²) >= 11 is 0. The number of carbonyl (C=O) groups excluding carboxylic acids is 2. The van der Waals surface area contributed by atoms with Gasteiger partial charge in [-0.15, -0.1) is 0 Å². The third-order valence-corrected chi connectivity index (χ3v) is 9.63. The smallest absolute Gasteiger partial charge is 0.321 e. The standard InChI is InChI=1S/C28H42N4O3/c1-30(2)28(23-10-4-3-5-11-23)16-14-26(15-17-28)21-31(25(34)32(26)18-22-8-6-9-22)19-24(33)29-20-27(35)12-7-13-27/h3-5,10-11,22,35H,6-9,12-21H2,1-2H3,(H,29,33)/t26-,28-. The van der Waals surface area contributed by atoms with Crippen LogP contribution in [0, 0.1) is 5.92 Å². The number of nitrogens with zero attached hydrogens (tertiary/aromatic N) is 3. The van der Waals surface area contributed by atoms with Crippen molar-refractivity contribution in [1.29, 1.82) is 0 Å². The molecule has 4 fully saturated rings. The van der Waals surface area contributed by atoms with Gasteiger partial charge in [0.2, 0.25) is 5.91 Å². The SMILES string of the molecule is CN(C)[C@]1(c2ccccc2)CC[C@@]2(CC1)CN(CC(=O)NCC1(O)CCC1)C(=O)N2CC1CCC1. The normalized spacial score (nSPS) is 30.5. The highest BCUT2D eigenvalue weighted by Crippen LogP contribution is 2.49. The quantitative estimate of drug-likeness (QED) is 0.596. The lowest BCUT2D eigenvalue weighted by molar-refractivity contribution is -0.124. The molecule has 5 rings (SSSR count). The molecule has 0 unspecified atom stereocenters. The maximum absolute atomic E-state index is 13.6. The largest absolute Gasteiger partial charge is 0.388 e. The summed E-state index contributed by atoms with van der Waals surface area (Å²) < 4.78 is 0. The first-order chi connectivity index (χ1) is 16.8. The van der Waals surface area contributed by atoms with E-state index >= 15 is 0 Å². The van der Waals surface area contributed by atoms with E-state index in [0.29, 0.717) is 12.5 Å². The van der Waals surface area contributed by atoms with Gasteiger partial charge in [-0.2, -0.15) is 0 Å². The molecule has 1 heterocycles. The van der Waals surface area contributed by atoms with Crippen LogP contribution in [0.3, 0.4) is 0 Å². The first-order valence-corrected chi connectivity index (χ1v) is 13.5. The summed E-state index contributed by atoms with van der Waals surface area (Å²) in [6, 6.07) is 10.8. The van der Waals surface area contributed by atoms with Crippen molar-refractivity contribution in [2.45, 2.75) is 80.9 Å². The average Bonchev–Trinajstić information content (AvgIpc) is 3.04. The average molecular weight is 483 g/mol. The van der Waals surface area contributed by atoms with E-state index in [1.54, 1.807) is 4.90 Å². The van der Waals surface area contributed by atoms with Gasteiger partial charge in [0, 0.05) is 25.2 Å². The fraction of sp³-hybridized carbons (Fsp3) is 0.714. The maximum Gasteiger partial charge on any atom is 0.321 e. The second-order valence-corrected chi connectivity index (χ2v) is 11.9. The Morgan fingerprint density at radius 3 is 2.29 bits per heavy atom. The van der Waals surface area contributed by atoms with Crippen molar-refractivity contribution >= 4 is 11.9 Å². The van der Waals surface area contributed by atoms with Crippen molar-refractivity contribution in [3.8, 4) is 0 Å². The minimum absolute atomic E-state index is 0.0199. The molecular weight excluding hydrogens is 440 g/mol. The fourth-order valence-electron chi connectivity index (χ4n) is 6.76. The van der Waals surface area contributed by atoms with Gasteiger partial charge in [0.15, 0.2) is 0 Å². The highest BCUT2D eigenvalue weighted by molar-refractivity contribution is 5.86. The number of benzene rings is 1. The van der Waals surface area contributed by atoms with E-state index in [2.05, 4.69) is 59.5 Å². The van der Waals surface area contributed by atoms with Gasteiger partial charge in [-0.1, -0.05) is 36.8 Å². The predicted molar refractivity (Wildman–Crippen MR) is 136 cm³/mol. The summed E-state index contributed by atoms with van der Waals surface area (Å²) in [5.41, 5.74) is 0.368. The molecule has 1 aromatic carbocycles. The van der Waals surface area contributed by atoms with Crippen molar-refractivity contribution in [2.24, 2.45) is 5.92 Å². The van der Waals surface area contributed by atoms with E-state index in [1.165, 1.54) is 24.8 Å². The first-order valence-electron chi connectivity index (χ1n) is 13.5. The van der Waals surface area contributed by atoms with Crippen LogP contribution in [0.5, 0.6) is 0 Å². The molecule has 192 valence electrons. The van der Waals surface area contributed by atoms with Crippen LogP contribution < -0.4 is 5.32 Å². The van der Waals surface area contributed by atoms with Crippen molar-refractivity contribution in [2.75, 3.05) is 40.3 Å². The number of hydrogen-bond donors (Lipinski definition) is 2. The Hall–Kier alpha value is -2.12. The molecule has 4 aliphatic rings. The number of nitrogens with one attached hydrogen (secondary N) is 1. The molecule has 1 spiro atoms. The predicted octanol–water partition coefficient (Wildman–Crippen LogP) is 3.33. The van der Waals surface area contributed by atoms with Gasteiger partial charge in [-0.3, -0.25) is 9.69 Å². The zero-order chi connectivity index (χ0) is 24.7. The van der Waals surface area contributed by atoms with Gasteiger partial charge in [-0.25, -0.2) is 4.79 Å². The second-order valence-electron chi connectivity index (χ2n) is 11.9.